The van der Waals surface area contributed by atoms with Crippen LogP contribution in [0.2, 0.25) is 0 Å². The number of carbonyl (C=O) groups is 1. The molecular weight excluding hydrogens is 392 g/mol. The van der Waals surface area contributed by atoms with Crippen molar-refractivity contribution in [2.45, 2.75) is 60.0 Å². The summed E-state index contributed by atoms with van der Waals surface area (Å²) in [4.78, 5) is 20.8. The lowest BCUT2D eigenvalue weighted by Gasteiger charge is -2.36. The van der Waals surface area contributed by atoms with Gasteiger partial charge in [-0.2, -0.15) is 0 Å². The molecule has 0 saturated carbocycles. The number of hydrogen-bond acceptors (Lipinski definition) is 5. The molecule has 0 bridgehead atoms. The lowest BCUT2D eigenvalue weighted by Crippen LogP contribution is -2.48. The average molecular weight is 433 g/mol. The van der Waals surface area contributed by atoms with E-state index < -0.39 is 15.4 Å². The fraction of sp³-hybridized carbons (Fsp3) is 0.900. The zero-order valence-electron chi connectivity index (χ0n) is 19.0. The number of hydrogen-bond donors (Lipinski definition) is 1. The summed E-state index contributed by atoms with van der Waals surface area (Å²) < 4.78 is 28.9. The third-order valence-electron chi connectivity index (χ3n) is 4.86. The van der Waals surface area contributed by atoms with Gasteiger partial charge in [-0.25, -0.2) is 13.2 Å². The molecule has 9 heteroatoms. The van der Waals surface area contributed by atoms with Crippen LogP contribution in [0.25, 0.3) is 0 Å². The molecule has 0 spiro atoms. The van der Waals surface area contributed by atoms with Crippen LogP contribution < -0.4 is 5.32 Å². The van der Waals surface area contributed by atoms with Gasteiger partial charge in [-0.05, 0) is 53.4 Å². The SMILES string of the molecule is CCNC(=NCCS(=O)(=O)CC)N1CCC(CN(CC)C(=O)OC(C)(C)C)CC1. The minimum Gasteiger partial charge on any atom is -0.444 e. The van der Waals surface area contributed by atoms with Crippen LogP contribution in [0.1, 0.15) is 54.4 Å². The van der Waals surface area contributed by atoms with Crippen molar-refractivity contribution in [1.82, 2.24) is 15.1 Å². The first-order valence-corrected chi connectivity index (χ1v) is 12.5. The van der Waals surface area contributed by atoms with Gasteiger partial charge in [-0.3, -0.25) is 4.99 Å². The van der Waals surface area contributed by atoms with E-state index in [4.69, 9.17) is 4.74 Å². The van der Waals surface area contributed by atoms with Crippen molar-refractivity contribution < 1.29 is 17.9 Å². The molecule has 29 heavy (non-hydrogen) atoms. The number of carbonyl (C=O) groups excluding carboxylic acids is 1. The summed E-state index contributed by atoms with van der Waals surface area (Å²) in [7, 11) is -3.01. The molecule has 1 N–H and O–H groups in total. The molecule has 0 unspecified atom stereocenters. The molecule has 1 fully saturated rings. The summed E-state index contributed by atoms with van der Waals surface area (Å²) >= 11 is 0. The van der Waals surface area contributed by atoms with E-state index in [9.17, 15) is 13.2 Å². The number of nitrogens with zero attached hydrogens (tertiary/aromatic N) is 3. The predicted molar refractivity (Wildman–Crippen MR) is 118 cm³/mol. The minimum absolute atomic E-state index is 0.0796. The molecule has 0 atom stereocenters. The van der Waals surface area contributed by atoms with E-state index in [0.717, 1.165) is 38.4 Å². The van der Waals surface area contributed by atoms with E-state index in [1.165, 1.54) is 0 Å². The molecule has 0 aliphatic carbocycles. The Morgan fingerprint density at radius 1 is 1.21 bits per heavy atom. The summed E-state index contributed by atoms with van der Waals surface area (Å²) in [6.45, 7) is 15.3. The van der Waals surface area contributed by atoms with Crippen LogP contribution in [0.4, 0.5) is 4.79 Å². The number of amides is 1. The van der Waals surface area contributed by atoms with Crippen molar-refractivity contribution in [3.8, 4) is 0 Å². The van der Waals surface area contributed by atoms with Crippen LogP contribution in [0.5, 0.6) is 0 Å². The molecule has 1 aliphatic rings. The molecule has 0 aromatic rings. The first kappa shape index (κ1) is 25.5. The Hall–Kier alpha value is -1.51. The van der Waals surface area contributed by atoms with Crippen molar-refractivity contribution in [2.24, 2.45) is 10.9 Å². The first-order valence-electron chi connectivity index (χ1n) is 10.7. The van der Waals surface area contributed by atoms with Gasteiger partial charge in [0.25, 0.3) is 0 Å². The quantitative estimate of drug-likeness (QED) is 0.468. The molecule has 0 radical (unpaired) electrons. The summed E-state index contributed by atoms with van der Waals surface area (Å²) in [6.07, 6.45) is 1.66. The number of likely N-dealkylation sites (tertiary alicyclic amines) is 1. The van der Waals surface area contributed by atoms with E-state index in [1.807, 2.05) is 34.6 Å². The van der Waals surface area contributed by atoms with Crippen molar-refractivity contribution in [2.75, 3.05) is 50.8 Å². The van der Waals surface area contributed by atoms with Gasteiger partial charge in [-0.1, -0.05) is 6.92 Å². The Morgan fingerprint density at radius 3 is 2.31 bits per heavy atom. The lowest BCUT2D eigenvalue weighted by atomic mass is 9.96. The standard InChI is InChI=1S/C20H40N4O4S/c1-7-21-18(22-12-15-29(26,27)9-3)24-13-10-17(11-14-24)16-23(8-2)19(25)28-20(4,5)6/h17H,7-16H2,1-6H3,(H,21,22). The lowest BCUT2D eigenvalue weighted by molar-refractivity contribution is 0.0214. The third kappa shape index (κ3) is 9.69. The van der Waals surface area contributed by atoms with Crippen LogP contribution in [0, 0.1) is 5.92 Å². The number of aliphatic imine (C=N–C) groups is 1. The third-order valence-corrected chi connectivity index (χ3v) is 6.55. The zero-order valence-corrected chi connectivity index (χ0v) is 19.8. The molecule has 1 heterocycles. The van der Waals surface area contributed by atoms with Gasteiger partial charge in [0.15, 0.2) is 15.8 Å². The van der Waals surface area contributed by atoms with E-state index in [-0.39, 0.29) is 24.1 Å². The summed E-state index contributed by atoms with van der Waals surface area (Å²) in [6, 6.07) is 0. The highest BCUT2D eigenvalue weighted by molar-refractivity contribution is 7.91. The van der Waals surface area contributed by atoms with Crippen molar-refractivity contribution >= 4 is 21.9 Å². The van der Waals surface area contributed by atoms with Gasteiger partial charge in [0.1, 0.15) is 5.60 Å². The maximum Gasteiger partial charge on any atom is 0.410 e. The zero-order chi connectivity index (χ0) is 22.1. The number of ether oxygens (including phenoxy) is 1. The monoisotopic (exact) mass is 432 g/mol. The number of piperidine rings is 1. The predicted octanol–water partition coefficient (Wildman–Crippen LogP) is 2.36. The minimum atomic E-state index is -3.01. The second kappa shape index (κ2) is 11.6. The van der Waals surface area contributed by atoms with Crippen molar-refractivity contribution in [3.05, 3.63) is 0 Å². The molecule has 1 amide bonds. The second-order valence-electron chi connectivity index (χ2n) is 8.42. The normalized spacial score (nSPS) is 16.6. The Bertz CT molecular complexity index is 635. The van der Waals surface area contributed by atoms with Gasteiger partial charge in [0.2, 0.25) is 0 Å². The highest BCUT2D eigenvalue weighted by Crippen LogP contribution is 2.20. The molecular formula is C20H40N4O4S. The molecule has 0 aromatic heterocycles. The van der Waals surface area contributed by atoms with Crippen molar-refractivity contribution in [3.63, 3.8) is 0 Å². The molecule has 8 nitrogen and oxygen atoms in total. The van der Waals surface area contributed by atoms with Gasteiger partial charge in [0.05, 0.1) is 12.3 Å². The maximum atomic E-state index is 12.4. The van der Waals surface area contributed by atoms with Gasteiger partial charge < -0.3 is 19.9 Å². The summed E-state index contributed by atoms with van der Waals surface area (Å²) in [5, 5.41) is 3.26. The topological polar surface area (TPSA) is 91.3 Å². The van der Waals surface area contributed by atoms with Crippen molar-refractivity contribution in [1.29, 1.82) is 0 Å². The van der Waals surface area contributed by atoms with E-state index >= 15 is 0 Å². The Labute approximate surface area is 177 Å². The summed E-state index contributed by atoms with van der Waals surface area (Å²) in [5.41, 5.74) is -0.490. The number of sulfone groups is 1. The fourth-order valence-electron chi connectivity index (χ4n) is 3.16. The molecule has 1 rings (SSSR count). The highest BCUT2D eigenvalue weighted by Gasteiger charge is 2.27. The number of nitrogens with one attached hydrogen (secondary N) is 1. The smallest absolute Gasteiger partial charge is 0.410 e. The van der Waals surface area contributed by atoms with Crippen LogP contribution in [-0.4, -0.2) is 86.6 Å². The van der Waals surface area contributed by atoms with Crippen LogP contribution in [-0.2, 0) is 14.6 Å². The number of guanidine groups is 1. The molecule has 170 valence electrons. The molecule has 1 saturated heterocycles. The van der Waals surface area contributed by atoms with Crippen LogP contribution in [0.15, 0.2) is 4.99 Å². The Morgan fingerprint density at radius 2 is 1.83 bits per heavy atom. The van der Waals surface area contributed by atoms with Gasteiger partial charge in [-0.15, -0.1) is 0 Å². The largest absolute Gasteiger partial charge is 0.444 e. The van der Waals surface area contributed by atoms with Crippen LogP contribution in [0.3, 0.4) is 0 Å². The Balaban J connectivity index is 2.60. The molecule has 1 aliphatic heterocycles. The van der Waals surface area contributed by atoms with Gasteiger partial charge in [0, 0.05) is 38.5 Å². The molecule has 0 aromatic carbocycles. The average Bonchev–Trinajstić information content (AvgIpc) is 2.64. The van der Waals surface area contributed by atoms with Gasteiger partial charge >= 0.3 is 6.09 Å². The maximum absolute atomic E-state index is 12.4. The van der Waals surface area contributed by atoms with E-state index in [1.54, 1.807) is 11.8 Å². The number of rotatable bonds is 8. The second-order valence-corrected chi connectivity index (χ2v) is 10.9. The van der Waals surface area contributed by atoms with E-state index in [2.05, 4.69) is 15.2 Å². The van der Waals surface area contributed by atoms with E-state index in [0.29, 0.717) is 19.0 Å². The summed E-state index contributed by atoms with van der Waals surface area (Å²) in [5.74, 6) is 1.42. The fourth-order valence-corrected chi connectivity index (χ4v) is 3.82. The van der Waals surface area contributed by atoms with Crippen LogP contribution >= 0.6 is 0 Å². The Kier molecular flexibility index (Phi) is 10.2. The first-order chi connectivity index (χ1) is 13.5. The highest BCUT2D eigenvalue weighted by atomic mass is 32.2.